The number of ether oxygens (including phenoxy) is 1. The highest BCUT2D eigenvalue weighted by molar-refractivity contribution is 5.33. The van der Waals surface area contributed by atoms with E-state index in [1.807, 2.05) is 0 Å². The first kappa shape index (κ1) is 14.4. The van der Waals surface area contributed by atoms with Crippen LogP contribution >= 0.6 is 0 Å². The summed E-state index contributed by atoms with van der Waals surface area (Å²) in [5.74, 6) is 0.478. The van der Waals surface area contributed by atoms with Gasteiger partial charge in [-0.05, 0) is 13.0 Å². The molecule has 108 valence electrons. The van der Waals surface area contributed by atoms with Crippen LogP contribution in [0.25, 0.3) is 0 Å². The van der Waals surface area contributed by atoms with E-state index in [0.29, 0.717) is 23.6 Å². The molecule has 2 aromatic rings. The summed E-state index contributed by atoms with van der Waals surface area (Å²) < 4.78 is 45.6. The van der Waals surface area contributed by atoms with Gasteiger partial charge in [-0.1, -0.05) is 23.4 Å². The highest BCUT2D eigenvalue weighted by Crippen LogP contribution is 2.26. The van der Waals surface area contributed by atoms with Gasteiger partial charge < -0.3 is 14.6 Å². The van der Waals surface area contributed by atoms with Crippen molar-refractivity contribution in [2.24, 2.45) is 0 Å². The molecule has 2 rings (SSSR count). The molecule has 1 N–H and O–H groups in total. The molecule has 20 heavy (non-hydrogen) atoms. The summed E-state index contributed by atoms with van der Waals surface area (Å²) >= 11 is 0. The van der Waals surface area contributed by atoms with Crippen LogP contribution in [0.15, 0.2) is 34.9 Å². The van der Waals surface area contributed by atoms with Crippen molar-refractivity contribution >= 4 is 0 Å². The molecule has 0 fully saturated rings. The zero-order valence-electron chi connectivity index (χ0n) is 10.7. The van der Waals surface area contributed by atoms with Crippen LogP contribution in [0.3, 0.4) is 0 Å². The van der Waals surface area contributed by atoms with Crippen LogP contribution in [-0.4, -0.2) is 11.5 Å². The Hall–Kier alpha value is -2.02. The molecule has 0 bridgehead atoms. The van der Waals surface area contributed by atoms with Crippen molar-refractivity contribution in [3.05, 3.63) is 47.3 Å². The third kappa shape index (κ3) is 4.27. The first-order valence-electron chi connectivity index (χ1n) is 5.90. The van der Waals surface area contributed by atoms with Crippen LogP contribution in [0.5, 0.6) is 5.75 Å². The number of alkyl halides is 3. The summed E-state index contributed by atoms with van der Waals surface area (Å²) in [6, 6.07) is 7.75. The number of hydrogen-bond acceptors (Lipinski definition) is 4. The quantitative estimate of drug-likeness (QED) is 0.917. The largest absolute Gasteiger partial charge is 0.573 e. The van der Waals surface area contributed by atoms with E-state index >= 15 is 0 Å². The van der Waals surface area contributed by atoms with Crippen molar-refractivity contribution in [1.29, 1.82) is 0 Å². The van der Waals surface area contributed by atoms with Gasteiger partial charge in [0.05, 0.1) is 5.69 Å². The maximum atomic E-state index is 12.2. The van der Waals surface area contributed by atoms with Gasteiger partial charge in [-0.25, -0.2) is 0 Å². The Balaban J connectivity index is 1.95. The molecule has 0 aliphatic carbocycles. The molecule has 4 nitrogen and oxygen atoms in total. The molecule has 0 amide bonds. The van der Waals surface area contributed by atoms with E-state index in [1.54, 1.807) is 25.1 Å². The molecule has 0 aliphatic rings. The number of aromatic nitrogens is 1. The SMILES string of the molecule is Cc1cc(CNCc2ccccc2OC(F)(F)F)no1. The number of nitrogens with one attached hydrogen (secondary N) is 1. The number of rotatable bonds is 5. The van der Waals surface area contributed by atoms with E-state index in [4.69, 9.17) is 4.52 Å². The highest BCUT2D eigenvalue weighted by atomic mass is 19.4. The van der Waals surface area contributed by atoms with Crippen molar-refractivity contribution in [3.63, 3.8) is 0 Å². The first-order chi connectivity index (χ1) is 9.44. The number of hydrogen-bond donors (Lipinski definition) is 1. The fraction of sp³-hybridized carbons (Fsp3) is 0.308. The Bertz CT molecular complexity index is 567. The lowest BCUT2D eigenvalue weighted by atomic mass is 10.2. The predicted molar refractivity (Wildman–Crippen MR) is 64.9 cm³/mol. The van der Waals surface area contributed by atoms with Gasteiger partial charge in [0.15, 0.2) is 0 Å². The molecule has 0 spiro atoms. The number of nitrogens with zero attached hydrogens (tertiary/aromatic N) is 1. The monoisotopic (exact) mass is 286 g/mol. The van der Waals surface area contributed by atoms with Gasteiger partial charge in [0.25, 0.3) is 0 Å². The van der Waals surface area contributed by atoms with Crippen molar-refractivity contribution in [2.75, 3.05) is 0 Å². The van der Waals surface area contributed by atoms with E-state index in [1.165, 1.54) is 12.1 Å². The van der Waals surface area contributed by atoms with E-state index in [2.05, 4.69) is 15.2 Å². The minimum Gasteiger partial charge on any atom is -0.405 e. The fourth-order valence-corrected chi connectivity index (χ4v) is 1.70. The van der Waals surface area contributed by atoms with Crippen molar-refractivity contribution in [2.45, 2.75) is 26.4 Å². The van der Waals surface area contributed by atoms with Crippen molar-refractivity contribution in [1.82, 2.24) is 10.5 Å². The number of aryl methyl sites for hydroxylation is 1. The van der Waals surface area contributed by atoms with E-state index in [0.717, 1.165) is 0 Å². The first-order valence-corrected chi connectivity index (χ1v) is 5.90. The second kappa shape index (κ2) is 5.96. The second-order valence-corrected chi connectivity index (χ2v) is 4.19. The highest BCUT2D eigenvalue weighted by Gasteiger charge is 2.31. The van der Waals surface area contributed by atoms with Gasteiger partial charge >= 0.3 is 6.36 Å². The van der Waals surface area contributed by atoms with Crippen LogP contribution in [0, 0.1) is 6.92 Å². The van der Waals surface area contributed by atoms with E-state index in [-0.39, 0.29) is 12.3 Å². The van der Waals surface area contributed by atoms with Gasteiger partial charge in [-0.2, -0.15) is 0 Å². The molecule has 0 radical (unpaired) electrons. The van der Waals surface area contributed by atoms with Crippen LogP contribution in [0.1, 0.15) is 17.0 Å². The molecule has 0 aliphatic heterocycles. The minimum atomic E-state index is -4.70. The molecule has 0 saturated carbocycles. The molecule has 1 heterocycles. The summed E-state index contributed by atoms with van der Waals surface area (Å²) in [4.78, 5) is 0. The smallest absolute Gasteiger partial charge is 0.405 e. The third-order valence-electron chi connectivity index (χ3n) is 2.50. The zero-order chi connectivity index (χ0) is 14.6. The van der Waals surface area contributed by atoms with Gasteiger partial charge in [-0.15, -0.1) is 13.2 Å². The number of benzene rings is 1. The van der Waals surface area contributed by atoms with Crippen LogP contribution in [0.2, 0.25) is 0 Å². The Kier molecular flexibility index (Phi) is 4.29. The Labute approximate surface area is 113 Å². The fourth-order valence-electron chi connectivity index (χ4n) is 1.70. The van der Waals surface area contributed by atoms with Gasteiger partial charge in [0.2, 0.25) is 0 Å². The minimum absolute atomic E-state index is 0.205. The molecule has 1 aromatic heterocycles. The lowest BCUT2D eigenvalue weighted by molar-refractivity contribution is -0.274. The average molecular weight is 286 g/mol. The number of halogens is 3. The molecular formula is C13H13F3N2O2. The maximum Gasteiger partial charge on any atom is 0.573 e. The van der Waals surface area contributed by atoms with E-state index < -0.39 is 6.36 Å². The molecule has 1 aromatic carbocycles. The average Bonchev–Trinajstić information content (AvgIpc) is 2.75. The van der Waals surface area contributed by atoms with Crippen LogP contribution < -0.4 is 10.1 Å². The lowest BCUT2D eigenvalue weighted by Gasteiger charge is -2.13. The summed E-state index contributed by atoms with van der Waals surface area (Å²) in [5, 5.41) is 6.77. The number of para-hydroxylation sites is 1. The summed E-state index contributed by atoms with van der Waals surface area (Å²) in [6.45, 7) is 2.40. The Morgan fingerprint density at radius 1 is 1.25 bits per heavy atom. The molecule has 0 saturated heterocycles. The summed E-state index contributed by atoms with van der Waals surface area (Å²) in [7, 11) is 0. The van der Waals surface area contributed by atoms with E-state index in [9.17, 15) is 13.2 Å². The van der Waals surface area contributed by atoms with Gasteiger partial charge in [-0.3, -0.25) is 0 Å². The normalized spacial score (nSPS) is 11.6. The Morgan fingerprint density at radius 3 is 2.65 bits per heavy atom. The summed E-state index contributed by atoms with van der Waals surface area (Å²) in [5.41, 5.74) is 1.11. The van der Waals surface area contributed by atoms with Crippen LogP contribution in [-0.2, 0) is 13.1 Å². The predicted octanol–water partition coefficient (Wildman–Crippen LogP) is 3.17. The molecule has 0 unspecified atom stereocenters. The molecular weight excluding hydrogens is 273 g/mol. The third-order valence-corrected chi connectivity index (χ3v) is 2.50. The standard InChI is InChI=1S/C13H13F3N2O2/c1-9-6-11(18-20-9)8-17-7-10-4-2-3-5-12(10)19-13(14,15)16/h2-6,17H,7-8H2,1H3. The zero-order valence-corrected chi connectivity index (χ0v) is 10.7. The van der Waals surface area contributed by atoms with Gasteiger partial charge in [0, 0.05) is 24.7 Å². The lowest BCUT2D eigenvalue weighted by Crippen LogP contribution is -2.20. The molecule has 0 atom stereocenters. The van der Waals surface area contributed by atoms with Gasteiger partial charge in [0.1, 0.15) is 11.5 Å². The van der Waals surface area contributed by atoms with Crippen molar-refractivity contribution < 1.29 is 22.4 Å². The van der Waals surface area contributed by atoms with Crippen LogP contribution in [0.4, 0.5) is 13.2 Å². The maximum absolute atomic E-state index is 12.2. The molecule has 7 heteroatoms. The second-order valence-electron chi connectivity index (χ2n) is 4.19. The topological polar surface area (TPSA) is 47.3 Å². The Morgan fingerprint density at radius 2 is 2.00 bits per heavy atom. The van der Waals surface area contributed by atoms with Crippen molar-refractivity contribution in [3.8, 4) is 5.75 Å². The summed E-state index contributed by atoms with van der Waals surface area (Å²) in [6.07, 6.45) is -4.70.